The SMILES string of the molecule is CCCNC(C)c1ccc(F)cc1OCC(C)OC. The molecule has 0 amide bonds. The Labute approximate surface area is 115 Å². The molecule has 1 aromatic rings. The number of halogens is 1. The topological polar surface area (TPSA) is 30.5 Å². The van der Waals surface area contributed by atoms with Crippen LogP contribution in [0.1, 0.15) is 38.8 Å². The van der Waals surface area contributed by atoms with Gasteiger partial charge in [-0.25, -0.2) is 4.39 Å². The highest BCUT2D eigenvalue weighted by atomic mass is 19.1. The van der Waals surface area contributed by atoms with Gasteiger partial charge in [-0.15, -0.1) is 0 Å². The van der Waals surface area contributed by atoms with Crippen LogP contribution in [0, 0.1) is 5.82 Å². The molecule has 0 saturated heterocycles. The number of methoxy groups -OCH3 is 1. The van der Waals surface area contributed by atoms with Crippen molar-refractivity contribution < 1.29 is 13.9 Å². The van der Waals surface area contributed by atoms with Crippen LogP contribution in [-0.4, -0.2) is 26.4 Å². The zero-order valence-corrected chi connectivity index (χ0v) is 12.2. The van der Waals surface area contributed by atoms with E-state index in [1.807, 2.05) is 6.92 Å². The van der Waals surface area contributed by atoms with Gasteiger partial charge in [-0.05, 0) is 32.9 Å². The summed E-state index contributed by atoms with van der Waals surface area (Å²) in [5.41, 5.74) is 0.971. The minimum absolute atomic E-state index is 0.0185. The zero-order valence-electron chi connectivity index (χ0n) is 12.2. The second kappa shape index (κ2) is 8.12. The molecule has 0 bridgehead atoms. The van der Waals surface area contributed by atoms with Crippen LogP contribution in [0.2, 0.25) is 0 Å². The molecule has 2 unspecified atom stereocenters. The molecule has 4 heteroatoms. The Hall–Kier alpha value is -1.13. The summed E-state index contributed by atoms with van der Waals surface area (Å²) < 4.78 is 24.1. The molecule has 0 saturated carbocycles. The molecule has 3 nitrogen and oxygen atoms in total. The second-order valence-electron chi connectivity index (χ2n) is 4.72. The predicted molar refractivity (Wildman–Crippen MR) is 75.1 cm³/mol. The average Bonchev–Trinajstić information content (AvgIpc) is 2.42. The van der Waals surface area contributed by atoms with Crippen molar-refractivity contribution in [2.75, 3.05) is 20.3 Å². The second-order valence-corrected chi connectivity index (χ2v) is 4.72. The van der Waals surface area contributed by atoms with Crippen LogP contribution < -0.4 is 10.1 Å². The lowest BCUT2D eigenvalue weighted by Gasteiger charge is -2.19. The van der Waals surface area contributed by atoms with Gasteiger partial charge in [0.25, 0.3) is 0 Å². The predicted octanol–water partition coefficient (Wildman–Crippen LogP) is 3.30. The molecule has 108 valence electrons. The van der Waals surface area contributed by atoms with Crippen molar-refractivity contribution in [1.82, 2.24) is 5.32 Å². The number of hydrogen-bond acceptors (Lipinski definition) is 3. The summed E-state index contributed by atoms with van der Waals surface area (Å²) in [6.45, 7) is 7.41. The fraction of sp³-hybridized carbons (Fsp3) is 0.600. The molecule has 2 atom stereocenters. The standard InChI is InChI=1S/C15H24FNO2/c1-5-8-17-12(3)14-7-6-13(16)9-15(14)19-10-11(2)18-4/h6-7,9,11-12,17H,5,8,10H2,1-4H3. The van der Waals surface area contributed by atoms with E-state index < -0.39 is 0 Å². The minimum Gasteiger partial charge on any atom is -0.490 e. The highest BCUT2D eigenvalue weighted by molar-refractivity contribution is 5.36. The van der Waals surface area contributed by atoms with Gasteiger partial charge >= 0.3 is 0 Å². The van der Waals surface area contributed by atoms with Crippen molar-refractivity contribution in [2.45, 2.75) is 39.3 Å². The zero-order chi connectivity index (χ0) is 14.3. The van der Waals surface area contributed by atoms with Gasteiger partial charge < -0.3 is 14.8 Å². The van der Waals surface area contributed by atoms with Crippen molar-refractivity contribution in [1.29, 1.82) is 0 Å². The fourth-order valence-corrected chi connectivity index (χ4v) is 1.74. The molecule has 0 aliphatic heterocycles. The van der Waals surface area contributed by atoms with E-state index in [-0.39, 0.29) is 18.0 Å². The largest absolute Gasteiger partial charge is 0.490 e. The molecule has 0 aliphatic rings. The van der Waals surface area contributed by atoms with E-state index in [0.717, 1.165) is 18.5 Å². The third-order valence-corrected chi connectivity index (χ3v) is 3.02. The van der Waals surface area contributed by atoms with Gasteiger partial charge in [-0.3, -0.25) is 0 Å². The van der Waals surface area contributed by atoms with E-state index in [9.17, 15) is 4.39 Å². The van der Waals surface area contributed by atoms with E-state index in [1.165, 1.54) is 12.1 Å². The number of nitrogens with one attached hydrogen (secondary N) is 1. The Morgan fingerprint density at radius 1 is 1.32 bits per heavy atom. The lowest BCUT2D eigenvalue weighted by molar-refractivity contribution is 0.0710. The van der Waals surface area contributed by atoms with Crippen LogP contribution in [-0.2, 0) is 4.74 Å². The summed E-state index contributed by atoms with van der Waals surface area (Å²) in [5.74, 6) is 0.298. The van der Waals surface area contributed by atoms with E-state index in [2.05, 4.69) is 19.2 Å². The smallest absolute Gasteiger partial charge is 0.127 e. The van der Waals surface area contributed by atoms with Crippen LogP contribution in [0.25, 0.3) is 0 Å². The highest BCUT2D eigenvalue weighted by Crippen LogP contribution is 2.26. The summed E-state index contributed by atoms with van der Waals surface area (Å²) in [5, 5.41) is 3.38. The molecule has 1 N–H and O–H groups in total. The molecule has 0 heterocycles. The van der Waals surface area contributed by atoms with Crippen molar-refractivity contribution in [3.05, 3.63) is 29.6 Å². The summed E-state index contributed by atoms with van der Waals surface area (Å²) in [6.07, 6.45) is 1.04. The summed E-state index contributed by atoms with van der Waals surface area (Å²) >= 11 is 0. The minimum atomic E-state index is -0.286. The normalized spacial score (nSPS) is 14.2. The Bertz CT molecular complexity index is 384. The maximum Gasteiger partial charge on any atom is 0.127 e. The average molecular weight is 269 g/mol. The molecular formula is C15H24FNO2. The van der Waals surface area contributed by atoms with Crippen LogP contribution >= 0.6 is 0 Å². The summed E-state index contributed by atoms with van der Waals surface area (Å²) in [6, 6.07) is 4.80. The van der Waals surface area contributed by atoms with Gasteiger partial charge in [0, 0.05) is 24.8 Å². The maximum absolute atomic E-state index is 13.3. The molecule has 0 fully saturated rings. The lowest BCUT2D eigenvalue weighted by Crippen LogP contribution is -2.21. The van der Waals surface area contributed by atoms with Gasteiger partial charge in [0.15, 0.2) is 0 Å². The van der Waals surface area contributed by atoms with E-state index >= 15 is 0 Å². The first-order valence-electron chi connectivity index (χ1n) is 6.76. The van der Waals surface area contributed by atoms with Crippen LogP contribution in [0.5, 0.6) is 5.75 Å². The number of rotatable bonds is 8. The van der Waals surface area contributed by atoms with E-state index in [0.29, 0.717) is 12.4 Å². The first kappa shape index (κ1) is 15.9. The Kier molecular flexibility index (Phi) is 6.81. The third kappa shape index (κ3) is 5.17. The molecule has 19 heavy (non-hydrogen) atoms. The van der Waals surface area contributed by atoms with Crippen LogP contribution in [0.15, 0.2) is 18.2 Å². The fourth-order valence-electron chi connectivity index (χ4n) is 1.74. The third-order valence-electron chi connectivity index (χ3n) is 3.02. The first-order valence-corrected chi connectivity index (χ1v) is 6.76. The van der Waals surface area contributed by atoms with Gasteiger partial charge in [-0.1, -0.05) is 13.0 Å². The summed E-state index contributed by atoms with van der Waals surface area (Å²) in [4.78, 5) is 0. The molecule has 0 radical (unpaired) electrons. The van der Waals surface area contributed by atoms with Crippen LogP contribution in [0.4, 0.5) is 4.39 Å². The molecule has 0 spiro atoms. The van der Waals surface area contributed by atoms with Crippen LogP contribution in [0.3, 0.4) is 0 Å². The van der Waals surface area contributed by atoms with Crippen molar-refractivity contribution in [2.24, 2.45) is 0 Å². The van der Waals surface area contributed by atoms with E-state index in [1.54, 1.807) is 13.2 Å². The van der Waals surface area contributed by atoms with Crippen molar-refractivity contribution in [3.8, 4) is 5.75 Å². The van der Waals surface area contributed by atoms with Crippen molar-refractivity contribution in [3.63, 3.8) is 0 Å². The maximum atomic E-state index is 13.3. The number of hydrogen-bond donors (Lipinski definition) is 1. The van der Waals surface area contributed by atoms with Gasteiger partial charge in [0.05, 0.1) is 6.10 Å². The Morgan fingerprint density at radius 3 is 2.68 bits per heavy atom. The van der Waals surface area contributed by atoms with Gasteiger partial charge in [0.2, 0.25) is 0 Å². The van der Waals surface area contributed by atoms with Gasteiger partial charge in [0.1, 0.15) is 18.2 Å². The Morgan fingerprint density at radius 2 is 2.05 bits per heavy atom. The molecular weight excluding hydrogens is 245 g/mol. The molecule has 1 rings (SSSR count). The molecule has 0 aliphatic carbocycles. The lowest BCUT2D eigenvalue weighted by atomic mass is 10.1. The molecule has 0 aromatic heterocycles. The highest BCUT2D eigenvalue weighted by Gasteiger charge is 2.13. The Balaban J connectivity index is 2.78. The first-order chi connectivity index (χ1) is 9.08. The van der Waals surface area contributed by atoms with Gasteiger partial charge in [-0.2, -0.15) is 0 Å². The monoisotopic (exact) mass is 269 g/mol. The number of benzene rings is 1. The molecule has 1 aromatic carbocycles. The van der Waals surface area contributed by atoms with E-state index in [4.69, 9.17) is 9.47 Å². The summed E-state index contributed by atoms with van der Waals surface area (Å²) in [7, 11) is 1.63. The number of ether oxygens (including phenoxy) is 2. The van der Waals surface area contributed by atoms with Crippen molar-refractivity contribution >= 4 is 0 Å². The quantitative estimate of drug-likeness (QED) is 0.785.